The van der Waals surface area contributed by atoms with Gasteiger partial charge in [-0.3, -0.25) is 4.79 Å². The molecule has 0 spiro atoms. The lowest BCUT2D eigenvalue weighted by atomic mass is 10.2. The first-order valence-electron chi connectivity index (χ1n) is 9.30. The van der Waals surface area contributed by atoms with Crippen LogP contribution in [-0.4, -0.2) is 70.4 Å². The van der Waals surface area contributed by atoms with Crippen molar-refractivity contribution >= 4 is 33.2 Å². The molecule has 2 aromatic rings. The molecule has 0 bridgehead atoms. The number of hydrogen-bond acceptors (Lipinski definition) is 5. The molecule has 2 aromatic carbocycles. The minimum atomic E-state index is -3.97. The summed E-state index contributed by atoms with van der Waals surface area (Å²) >= 11 is 5.95. The zero-order chi connectivity index (χ0) is 21.9. The third kappa shape index (κ3) is 4.85. The van der Waals surface area contributed by atoms with Gasteiger partial charge in [0.1, 0.15) is 16.5 Å². The van der Waals surface area contributed by atoms with Gasteiger partial charge in [-0.1, -0.05) is 11.6 Å². The highest BCUT2D eigenvalue weighted by Crippen LogP contribution is 2.29. The van der Waals surface area contributed by atoms with Crippen LogP contribution in [0.3, 0.4) is 0 Å². The molecule has 0 radical (unpaired) electrons. The van der Waals surface area contributed by atoms with Crippen molar-refractivity contribution in [3.63, 3.8) is 0 Å². The van der Waals surface area contributed by atoms with E-state index in [9.17, 15) is 17.6 Å². The molecule has 1 aliphatic heterocycles. The summed E-state index contributed by atoms with van der Waals surface area (Å²) in [5, 5.41) is 0.256. The lowest BCUT2D eigenvalue weighted by molar-refractivity contribution is -0.131. The van der Waals surface area contributed by atoms with Crippen LogP contribution in [0, 0.1) is 5.82 Å². The van der Waals surface area contributed by atoms with Crippen molar-refractivity contribution < 1.29 is 22.3 Å². The number of nitrogens with zero attached hydrogens (tertiary/aromatic N) is 3. The Morgan fingerprint density at radius 2 is 1.77 bits per heavy atom. The zero-order valence-corrected chi connectivity index (χ0v) is 18.3. The largest absolute Gasteiger partial charge is 0.495 e. The zero-order valence-electron chi connectivity index (χ0n) is 16.7. The number of ether oxygens (including phenoxy) is 1. The number of carbonyl (C=O) groups excluding carboxylic acids is 1. The first-order valence-corrected chi connectivity index (χ1v) is 11.1. The summed E-state index contributed by atoms with van der Waals surface area (Å²) in [6.07, 6.45) is 0. The Labute approximate surface area is 180 Å². The van der Waals surface area contributed by atoms with E-state index in [1.54, 1.807) is 17.0 Å². The number of sulfonamides is 1. The number of carbonyl (C=O) groups is 1. The van der Waals surface area contributed by atoms with Crippen LogP contribution in [0.15, 0.2) is 47.4 Å². The van der Waals surface area contributed by atoms with Crippen molar-refractivity contribution in [1.29, 1.82) is 0 Å². The van der Waals surface area contributed by atoms with E-state index >= 15 is 0 Å². The Morgan fingerprint density at radius 3 is 2.37 bits per heavy atom. The van der Waals surface area contributed by atoms with E-state index in [1.807, 2.05) is 0 Å². The fourth-order valence-electron chi connectivity index (χ4n) is 3.26. The summed E-state index contributed by atoms with van der Waals surface area (Å²) < 4.78 is 45.1. The quantitative estimate of drug-likeness (QED) is 0.669. The second kappa shape index (κ2) is 9.20. The highest BCUT2D eigenvalue weighted by Gasteiger charge is 2.29. The molecule has 0 N–H and O–H groups in total. The van der Waals surface area contributed by atoms with Gasteiger partial charge in [0.25, 0.3) is 0 Å². The van der Waals surface area contributed by atoms with Gasteiger partial charge in [0.15, 0.2) is 0 Å². The molecule has 0 unspecified atom stereocenters. The normalized spacial score (nSPS) is 14.8. The van der Waals surface area contributed by atoms with Gasteiger partial charge >= 0.3 is 0 Å². The lowest BCUT2D eigenvalue weighted by Gasteiger charge is -2.36. The van der Waals surface area contributed by atoms with Crippen LogP contribution in [0.4, 0.5) is 10.1 Å². The van der Waals surface area contributed by atoms with E-state index < -0.39 is 10.0 Å². The number of halogens is 2. The van der Waals surface area contributed by atoms with Crippen molar-refractivity contribution in [3.05, 3.63) is 53.3 Å². The molecule has 0 saturated carbocycles. The minimum Gasteiger partial charge on any atom is -0.495 e. The third-order valence-electron chi connectivity index (χ3n) is 5.00. The average molecular weight is 456 g/mol. The average Bonchev–Trinajstić information content (AvgIpc) is 2.74. The number of rotatable bonds is 6. The molecule has 30 heavy (non-hydrogen) atoms. The molecule has 1 amide bonds. The van der Waals surface area contributed by atoms with E-state index in [4.69, 9.17) is 16.3 Å². The maximum absolute atomic E-state index is 13.1. The molecule has 0 aliphatic carbocycles. The molecule has 1 heterocycles. The predicted molar refractivity (Wildman–Crippen MR) is 113 cm³/mol. The first-order chi connectivity index (χ1) is 14.2. The van der Waals surface area contributed by atoms with Gasteiger partial charge < -0.3 is 14.5 Å². The smallest absolute Gasteiger partial charge is 0.247 e. The molecule has 1 saturated heterocycles. The molecule has 7 nitrogen and oxygen atoms in total. The monoisotopic (exact) mass is 455 g/mol. The van der Waals surface area contributed by atoms with E-state index in [-0.39, 0.29) is 33.9 Å². The molecule has 0 aromatic heterocycles. The fraction of sp³-hybridized carbons (Fsp3) is 0.350. The summed E-state index contributed by atoms with van der Waals surface area (Å²) in [5.74, 6) is -0.430. The van der Waals surface area contributed by atoms with Gasteiger partial charge in [0.05, 0.1) is 13.7 Å². The number of benzene rings is 2. The van der Waals surface area contributed by atoms with Gasteiger partial charge in [-0.15, -0.1) is 0 Å². The van der Waals surface area contributed by atoms with Crippen LogP contribution in [0.1, 0.15) is 0 Å². The van der Waals surface area contributed by atoms with Crippen molar-refractivity contribution in [2.45, 2.75) is 4.90 Å². The molecule has 1 fully saturated rings. The summed E-state index contributed by atoms with van der Waals surface area (Å²) in [6, 6.07) is 10.5. The van der Waals surface area contributed by atoms with E-state index in [0.29, 0.717) is 26.2 Å². The lowest BCUT2D eigenvalue weighted by Crippen LogP contribution is -2.51. The topological polar surface area (TPSA) is 70.2 Å². The Kier molecular flexibility index (Phi) is 6.84. The number of piperazine rings is 1. The van der Waals surface area contributed by atoms with Crippen LogP contribution in [0.5, 0.6) is 5.75 Å². The van der Waals surface area contributed by atoms with Crippen LogP contribution in [0.25, 0.3) is 0 Å². The van der Waals surface area contributed by atoms with Crippen LogP contribution in [0.2, 0.25) is 5.02 Å². The number of methoxy groups -OCH3 is 1. The molecule has 162 valence electrons. The highest BCUT2D eigenvalue weighted by molar-refractivity contribution is 7.89. The van der Waals surface area contributed by atoms with Crippen molar-refractivity contribution in [2.75, 3.05) is 51.8 Å². The second-order valence-corrected chi connectivity index (χ2v) is 9.35. The Bertz CT molecular complexity index is 1010. The van der Waals surface area contributed by atoms with Crippen LogP contribution < -0.4 is 9.64 Å². The van der Waals surface area contributed by atoms with E-state index in [2.05, 4.69) is 4.90 Å². The Hall–Kier alpha value is -2.36. The van der Waals surface area contributed by atoms with Crippen LogP contribution >= 0.6 is 11.6 Å². The predicted octanol–water partition coefficient (Wildman–Crippen LogP) is 2.46. The fourth-order valence-corrected chi connectivity index (χ4v) is 4.80. The second-order valence-electron chi connectivity index (χ2n) is 6.90. The first kappa shape index (κ1) is 22.3. The maximum atomic E-state index is 13.1. The molecular formula is C20H23ClFN3O4S. The minimum absolute atomic E-state index is 0.0890. The SMILES string of the molecule is COc1ccc(Cl)cc1S(=O)(=O)N(C)CC(=O)N1CCN(c2ccc(F)cc2)CC1. The van der Waals surface area contributed by atoms with Gasteiger partial charge in [-0.05, 0) is 42.5 Å². The summed E-state index contributed by atoms with van der Waals surface area (Å²) in [7, 11) is -1.25. The van der Waals surface area contributed by atoms with Gasteiger partial charge in [-0.25, -0.2) is 12.8 Å². The van der Waals surface area contributed by atoms with Crippen LogP contribution in [-0.2, 0) is 14.8 Å². The van der Waals surface area contributed by atoms with Crippen molar-refractivity contribution in [3.8, 4) is 5.75 Å². The van der Waals surface area contributed by atoms with E-state index in [0.717, 1.165) is 9.99 Å². The molecule has 10 heteroatoms. The van der Waals surface area contributed by atoms with E-state index in [1.165, 1.54) is 44.5 Å². The molecule has 1 aliphatic rings. The molecule has 3 rings (SSSR count). The molecule has 0 atom stereocenters. The summed E-state index contributed by atoms with van der Waals surface area (Å²) in [4.78, 5) is 16.3. The Morgan fingerprint density at radius 1 is 1.13 bits per heavy atom. The van der Waals surface area contributed by atoms with Crippen molar-refractivity contribution in [1.82, 2.24) is 9.21 Å². The van der Waals surface area contributed by atoms with Gasteiger partial charge in [-0.2, -0.15) is 4.31 Å². The number of amides is 1. The highest BCUT2D eigenvalue weighted by atomic mass is 35.5. The number of hydrogen-bond donors (Lipinski definition) is 0. The number of likely N-dealkylation sites (N-methyl/N-ethyl adjacent to an activating group) is 1. The summed E-state index contributed by atoms with van der Waals surface area (Å²) in [6.45, 7) is 1.76. The molecular weight excluding hydrogens is 433 g/mol. The Balaban J connectivity index is 1.63. The maximum Gasteiger partial charge on any atom is 0.247 e. The number of anilines is 1. The van der Waals surface area contributed by atoms with Gasteiger partial charge in [0.2, 0.25) is 15.9 Å². The summed E-state index contributed by atoms with van der Waals surface area (Å²) in [5.41, 5.74) is 0.885. The van der Waals surface area contributed by atoms with Crippen molar-refractivity contribution in [2.24, 2.45) is 0 Å². The third-order valence-corrected chi connectivity index (χ3v) is 7.06. The standard InChI is InChI=1S/C20H23ClFN3O4S/c1-23(30(27,28)19-13-15(21)3-8-18(19)29-2)14-20(26)25-11-9-24(10-12-25)17-6-4-16(22)5-7-17/h3-8,13H,9-12,14H2,1-2H3. The van der Waals surface area contributed by atoms with Gasteiger partial charge in [0, 0.05) is 43.9 Å².